The van der Waals surface area contributed by atoms with Gasteiger partial charge in [-0.15, -0.1) is 10.2 Å². The lowest BCUT2D eigenvalue weighted by atomic mass is 10.1. The van der Waals surface area contributed by atoms with Gasteiger partial charge in [-0.2, -0.15) is 0 Å². The number of hydrogen-bond acceptors (Lipinski definition) is 7. The average molecular weight is 357 g/mol. The van der Waals surface area contributed by atoms with Crippen LogP contribution in [0.2, 0.25) is 0 Å². The number of phenols is 1. The lowest BCUT2D eigenvalue weighted by Gasteiger charge is -2.14. The summed E-state index contributed by atoms with van der Waals surface area (Å²) >= 11 is 0. The Morgan fingerprint density at radius 3 is 2.04 bits per heavy atom. The van der Waals surface area contributed by atoms with Gasteiger partial charge in [0.25, 0.3) is 0 Å². The number of phenolic OH excluding ortho intramolecular Hbond substituents is 1. The second kappa shape index (κ2) is 7.22. The van der Waals surface area contributed by atoms with Crippen molar-refractivity contribution in [3.05, 3.63) is 36.7 Å². The van der Waals surface area contributed by atoms with Gasteiger partial charge >= 0.3 is 0 Å². The molecule has 2 aromatic carbocycles. The van der Waals surface area contributed by atoms with Crippen molar-refractivity contribution in [2.45, 2.75) is 0 Å². The number of ether oxygens (including phenoxy) is 4. The van der Waals surface area contributed by atoms with Crippen LogP contribution in [0.3, 0.4) is 0 Å². The molecule has 1 heterocycles. The van der Waals surface area contributed by atoms with Crippen molar-refractivity contribution >= 4 is 0 Å². The molecule has 26 heavy (non-hydrogen) atoms. The van der Waals surface area contributed by atoms with E-state index in [-0.39, 0.29) is 5.75 Å². The summed E-state index contributed by atoms with van der Waals surface area (Å²) in [6.45, 7) is 0. The molecule has 0 amide bonds. The molecule has 0 bridgehead atoms. The van der Waals surface area contributed by atoms with Crippen LogP contribution in [0.4, 0.5) is 0 Å². The molecule has 0 saturated carbocycles. The van der Waals surface area contributed by atoms with E-state index in [0.717, 1.165) is 0 Å². The van der Waals surface area contributed by atoms with Gasteiger partial charge < -0.3 is 24.1 Å². The standard InChI is InChI=1S/C18H19N3O5/c1-23-14-6-5-12(9-13(14)22)21-10-19-20-18(21)11-7-15(24-2)17(26-4)16(8-11)25-3/h5-10,22H,1-4H3. The summed E-state index contributed by atoms with van der Waals surface area (Å²) in [6.07, 6.45) is 1.56. The highest BCUT2D eigenvalue weighted by molar-refractivity contribution is 5.68. The molecule has 3 rings (SSSR count). The van der Waals surface area contributed by atoms with Gasteiger partial charge in [0.15, 0.2) is 28.8 Å². The third kappa shape index (κ3) is 2.97. The number of aromatic hydroxyl groups is 1. The largest absolute Gasteiger partial charge is 0.504 e. The van der Waals surface area contributed by atoms with E-state index in [0.29, 0.717) is 40.1 Å². The van der Waals surface area contributed by atoms with Crippen molar-refractivity contribution < 1.29 is 24.1 Å². The Bertz CT molecular complexity index is 898. The van der Waals surface area contributed by atoms with Gasteiger partial charge in [-0.05, 0) is 24.3 Å². The minimum Gasteiger partial charge on any atom is -0.504 e. The molecule has 0 aliphatic rings. The highest BCUT2D eigenvalue weighted by atomic mass is 16.5. The van der Waals surface area contributed by atoms with Gasteiger partial charge in [-0.25, -0.2) is 0 Å². The molecule has 8 heteroatoms. The second-order valence-electron chi connectivity index (χ2n) is 5.29. The Morgan fingerprint density at radius 2 is 1.50 bits per heavy atom. The molecule has 0 fully saturated rings. The van der Waals surface area contributed by atoms with Crippen LogP contribution in [-0.2, 0) is 0 Å². The second-order valence-corrected chi connectivity index (χ2v) is 5.29. The first kappa shape index (κ1) is 17.4. The van der Waals surface area contributed by atoms with Crippen LogP contribution in [0.1, 0.15) is 0 Å². The SMILES string of the molecule is COc1ccc(-n2cnnc2-c2cc(OC)c(OC)c(OC)c2)cc1O. The van der Waals surface area contributed by atoms with Gasteiger partial charge in [0.05, 0.1) is 34.1 Å². The molecule has 0 atom stereocenters. The smallest absolute Gasteiger partial charge is 0.203 e. The van der Waals surface area contributed by atoms with Crippen molar-refractivity contribution in [3.8, 4) is 45.8 Å². The fourth-order valence-corrected chi connectivity index (χ4v) is 2.66. The number of rotatable bonds is 6. The summed E-state index contributed by atoms with van der Waals surface area (Å²) in [5.41, 5.74) is 1.39. The Balaban J connectivity index is 2.13. The van der Waals surface area contributed by atoms with Gasteiger partial charge in [0.2, 0.25) is 5.75 Å². The summed E-state index contributed by atoms with van der Waals surface area (Å²) in [6, 6.07) is 8.60. The molecule has 0 radical (unpaired) electrons. The lowest BCUT2D eigenvalue weighted by Crippen LogP contribution is -1.99. The van der Waals surface area contributed by atoms with E-state index in [9.17, 15) is 5.11 Å². The summed E-state index contributed by atoms with van der Waals surface area (Å²) in [5.74, 6) is 2.47. The molecule has 1 aromatic heterocycles. The third-order valence-corrected chi connectivity index (χ3v) is 3.91. The molecule has 0 aliphatic heterocycles. The quantitative estimate of drug-likeness (QED) is 0.725. The van der Waals surface area contributed by atoms with Crippen molar-refractivity contribution in [2.24, 2.45) is 0 Å². The maximum absolute atomic E-state index is 10.0. The van der Waals surface area contributed by atoms with Crippen molar-refractivity contribution in [3.63, 3.8) is 0 Å². The number of hydrogen-bond donors (Lipinski definition) is 1. The third-order valence-electron chi connectivity index (χ3n) is 3.91. The van der Waals surface area contributed by atoms with E-state index < -0.39 is 0 Å². The number of benzene rings is 2. The number of nitrogens with zero attached hydrogens (tertiary/aromatic N) is 3. The Kier molecular flexibility index (Phi) is 4.83. The van der Waals surface area contributed by atoms with Gasteiger partial charge in [-0.1, -0.05) is 0 Å². The number of aromatic nitrogens is 3. The molecule has 0 aliphatic carbocycles. The first-order valence-electron chi connectivity index (χ1n) is 7.70. The average Bonchev–Trinajstić information content (AvgIpc) is 3.16. The van der Waals surface area contributed by atoms with Crippen LogP contribution < -0.4 is 18.9 Å². The molecule has 0 unspecified atom stereocenters. The van der Waals surface area contributed by atoms with Crippen LogP contribution in [0.5, 0.6) is 28.7 Å². The summed E-state index contributed by atoms with van der Waals surface area (Å²) < 4.78 is 23.0. The van der Waals surface area contributed by atoms with E-state index in [1.165, 1.54) is 7.11 Å². The zero-order chi connectivity index (χ0) is 18.7. The molecule has 8 nitrogen and oxygen atoms in total. The molecule has 3 aromatic rings. The van der Waals surface area contributed by atoms with Crippen LogP contribution in [0.15, 0.2) is 36.7 Å². The first-order valence-corrected chi connectivity index (χ1v) is 7.70. The summed E-state index contributed by atoms with van der Waals surface area (Å²) in [4.78, 5) is 0. The van der Waals surface area contributed by atoms with Gasteiger partial charge in [0, 0.05) is 11.6 Å². The van der Waals surface area contributed by atoms with Crippen LogP contribution >= 0.6 is 0 Å². The zero-order valence-electron chi connectivity index (χ0n) is 14.9. The Labute approximate surface area is 150 Å². The Hall–Kier alpha value is -3.42. The normalized spacial score (nSPS) is 10.5. The zero-order valence-corrected chi connectivity index (χ0v) is 14.9. The van der Waals surface area contributed by atoms with Gasteiger partial charge in [-0.3, -0.25) is 4.57 Å². The van der Waals surface area contributed by atoms with E-state index >= 15 is 0 Å². The monoisotopic (exact) mass is 357 g/mol. The van der Waals surface area contributed by atoms with Crippen molar-refractivity contribution in [1.82, 2.24) is 14.8 Å². The first-order chi connectivity index (χ1) is 12.6. The lowest BCUT2D eigenvalue weighted by molar-refractivity contribution is 0.324. The van der Waals surface area contributed by atoms with Crippen LogP contribution in [0, 0.1) is 0 Å². The van der Waals surface area contributed by atoms with E-state index in [1.807, 2.05) is 0 Å². The van der Waals surface area contributed by atoms with Crippen LogP contribution in [-0.4, -0.2) is 48.3 Å². The molecule has 0 spiro atoms. The highest BCUT2D eigenvalue weighted by Crippen LogP contribution is 2.41. The van der Waals surface area contributed by atoms with Crippen molar-refractivity contribution in [2.75, 3.05) is 28.4 Å². The van der Waals surface area contributed by atoms with E-state index in [4.69, 9.17) is 18.9 Å². The maximum atomic E-state index is 10.0. The van der Waals surface area contributed by atoms with Gasteiger partial charge in [0.1, 0.15) is 6.33 Å². The molecular weight excluding hydrogens is 338 g/mol. The van der Waals surface area contributed by atoms with E-state index in [1.54, 1.807) is 62.6 Å². The molecular formula is C18H19N3O5. The minimum atomic E-state index is 0.0227. The summed E-state index contributed by atoms with van der Waals surface area (Å²) in [7, 11) is 6.14. The number of methoxy groups -OCH3 is 4. The predicted octanol–water partition coefficient (Wildman–Crippen LogP) is 2.67. The molecule has 136 valence electrons. The molecule has 1 N–H and O–H groups in total. The Morgan fingerprint density at radius 1 is 0.846 bits per heavy atom. The predicted molar refractivity (Wildman–Crippen MR) is 94.7 cm³/mol. The van der Waals surface area contributed by atoms with Crippen LogP contribution in [0.25, 0.3) is 17.1 Å². The highest BCUT2D eigenvalue weighted by Gasteiger charge is 2.18. The van der Waals surface area contributed by atoms with E-state index in [2.05, 4.69) is 10.2 Å². The van der Waals surface area contributed by atoms with Crippen molar-refractivity contribution in [1.29, 1.82) is 0 Å². The fraction of sp³-hybridized carbons (Fsp3) is 0.222. The minimum absolute atomic E-state index is 0.0227. The molecule has 0 saturated heterocycles. The fourth-order valence-electron chi connectivity index (χ4n) is 2.66. The topological polar surface area (TPSA) is 87.9 Å². The summed E-state index contributed by atoms with van der Waals surface area (Å²) in [5, 5.41) is 18.2. The maximum Gasteiger partial charge on any atom is 0.203 e.